The van der Waals surface area contributed by atoms with Gasteiger partial charge in [-0.1, -0.05) is 137 Å². The minimum atomic E-state index is -1.22. The van der Waals surface area contributed by atoms with Crippen molar-refractivity contribution in [3.8, 4) is 5.75 Å². The lowest BCUT2D eigenvalue weighted by molar-refractivity contribution is -0.141. The molecule has 0 fully saturated rings. The van der Waals surface area contributed by atoms with Crippen molar-refractivity contribution >= 4 is 41.9 Å². The van der Waals surface area contributed by atoms with Crippen LogP contribution in [-0.2, 0) is 58.9 Å². The highest BCUT2D eigenvalue weighted by Crippen LogP contribution is 2.15. The van der Waals surface area contributed by atoms with Gasteiger partial charge in [-0.2, -0.15) is 0 Å². The summed E-state index contributed by atoms with van der Waals surface area (Å²) in [4.78, 5) is 78.6. The second-order valence-electron chi connectivity index (χ2n) is 16.3. The van der Waals surface area contributed by atoms with Crippen molar-refractivity contribution in [1.82, 2.24) is 26.6 Å². The summed E-state index contributed by atoms with van der Waals surface area (Å²) in [6.07, 6.45) is 21.0. The average molecular weight is 1030 g/mol. The third-order valence-electron chi connectivity index (χ3n) is 10.5. The Bertz CT molecular complexity index is 1470. The van der Waals surface area contributed by atoms with Gasteiger partial charge in [0.15, 0.2) is 0 Å². The molecule has 0 aliphatic rings. The summed E-state index contributed by atoms with van der Waals surface area (Å²) in [5.41, 5.74) is 1.01. The molecule has 418 valence electrons. The molecule has 0 aliphatic heterocycles. The Labute approximate surface area is 432 Å². The van der Waals surface area contributed by atoms with Crippen LogP contribution in [0.3, 0.4) is 0 Å². The first-order chi connectivity index (χ1) is 34.9. The molecule has 0 saturated heterocycles. The second-order valence-corrected chi connectivity index (χ2v) is 16.3. The van der Waals surface area contributed by atoms with E-state index in [1.54, 1.807) is 14.0 Å². The monoisotopic (exact) mass is 1030 g/mol. The van der Waals surface area contributed by atoms with Gasteiger partial charge in [0.25, 0.3) is 0 Å². The van der Waals surface area contributed by atoms with Gasteiger partial charge < -0.3 is 60.5 Å². The Balaban J connectivity index is -0.00000165. The van der Waals surface area contributed by atoms with Gasteiger partial charge in [0.05, 0.1) is 52.2 Å². The number of Topliss-reactive ketones (excluding diaryl/α,β-unsaturated/α-hetero) is 1. The quantitative estimate of drug-likeness (QED) is 0.0269. The number of hydrogen-bond acceptors (Lipinski definition) is 13. The van der Waals surface area contributed by atoms with Gasteiger partial charge >= 0.3 is 11.9 Å². The van der Waals surface area contributed by atoms with Crippen LogP contribution in [0.1, 0.15) is 163 Å². The first-order valence-corrected chi connectivity index (χ1v) is 26.6. The van der Waals surface area contributed by atoms with E-state index in [2.05, 4.69) is 33.5 Å². The number of amides is 4. The van der Waals surface area contributed by atoms with Gasteiger partial charge in [-0.15, -0.1) is 0 Å². The zero-order valence-electron chi connectivity index (χ0n) is 45.3. The van der Waals surface area contributed by atoms with Crippen LogP contribution in [0.15, 0.2) is 24.3 Å². The number of likely N-dealkylation sites (N-methyl/N-ethyl adjacent to an activating group) is 1. The Morgan fingerprint density at radius 3 is 1.40 bits per heavy atom. The SMILES string of the molecule is CC.CC.CCCCCCCCCCCCCCCCCC(=O)O.CNC(Cc1ccc(OCCNC(=O)COCCOCCNC(=O)COCCOCCNC(=O)CCC(NC=O)C(=O)O)cc1)C(C)=O. The Morgan fingerprint density at radius 2 is 0.986 bits per heavy atom. The van der Waals surface area contributed by atoms with Crippen molar-refractivity contribution < 1.29 is 67.5 Å². The molecule has 0 aliphatic carbocycles. The molecule has 0 heterocycles. The molecule has 0 saturated carbocycles. The number of ether oxygens (including phenoxy) is 5. The summed E-state index contributed by atoms with van der Waals surface area (Å²) in [6.45, 7) is 13.9. The molecule has 4 amide bonds. The van der Waals surface area contributed by atoms with Gasteiger partial charge in [-0.25, -0.2) is 4.79 Å². The second kappa shape index (κ2) is 55.6. The molecule has 19 nitrogen and oxygen atoms in total. The fourth-order valence-electron chi connectivity index (χ4n) is 6.53. The number of unbranched alkanes of at least 4 members (excludes halogenated alkanes) is 14. The Hall–Kier alpha value is -4.69. The first kappa shape index (κ1) is 71.6. The molecule has 2 unspecified atom stereocenters. The lowest BCUT2D eigenvalue weighted by atomic mass is 10.0. The lowest BCUT2D eigenvalue weighted by Crippen LogP contribution is -2.37. The topological polar surface area (TPSA) is 266 Å². The zero-order chi connectivity index (χ0) is 54.3. The van der Waals surface area contributed by atoms with Gasteiger partial charge in [-0.05, 0) is 50.9 Å². The summed E-state index contributed by atoms with van der Waals surface area (Å²) in [7, 11) is 1.76. The van der Waals surface area contributed by atoms with Crippen LogP contribution in [0.2, 0.25) is 0 Å². The third kappa shape index (κ3) is 50.3. The van der Waals surface area contributed by atoms with Crippen molar-refractivity contribution in [2.75, 3.05) is 86.1 Å². The van der Waals surface area contributed by atoms with Crippen molar-refractivity contribution in [3.63, 3.8) is 0 Å². The maximum absolute atomic E-state index is 11.9. The fraction of sp³-hybridized carbons (Fsp3) is 0.755. The van der Waals surface area contributed by atoms with E-state index in [0.29, 0.717) is 25.1 Å². The Kier molecular flexibility index (Phi) is 55.3. The van der Waals surface area contributed by atoms with E-state index in [4.69, 9.17) is 33.9 Å². The highest BCUT2D eigenvalue weighted by Gasteiger charge is 2.17. The summed E-state index contributed by atoms with van der Waals surface area (Å²) in [5, 5.41) is 30.5. The highest BCUT2D eigenvalue weighted by molar-refractivity contribution is 5.82. The largest absolute Gasteiger partial charge is 0.492 e. The van der Waals surface area contributed by atoms with E-state index < -0.39 is 18.0 Å². The van der Waals surface area contributed by atoms with Crippen LogP contribution in [0.25, 0.3) is 0 Å². The summed E-state index contributed by atoms with van der Waals surface area (Å²) < 4.78 is 26.8. The number of carboxylic acids is 2. The van der Waals surface area contributed by atoms with E-state index in [0.717, 1.165) is 18.4 Å². The molecular formula is C53H97N5O14. The molecule has 72 heavy (non-hydrogen) atoms. The number of hydrogen-bond donors (Lipinski definition) is 7. The molecule has 2 atom stereocenters. The molecule has 0 radical (unpaired) electrons. The summed E-state index contributed by atoms with van der Waals surface area (Å²) >= 11 is 0. The van der Waals surface area contributed by atoms with E-state index in [1.807, 2.05) is 52.0 Å². The van der Waals surface area contributed by atoms with Crippen LogP contribution in [-0.4, -0.2) is 150 Å². The number of rotatable bonds is 46. The number of carbonyl (C=O) groups is 7. The molecular weight excluding hydrogens is 931 g/mol. The van der Waals surface area contributed by atoms with Crippen LogP contribution < -0.4 is 31.3 Å². The van der Waals surface area contributed by atoms with E-state index in [1.165, 1.54) is 83.5 Å². The predicted octanol–water partition coefficient (Wildman–Crippen LogP) is 6.56. The zero-order valence-corrected chi connectivity index (χ0v) is 45.3. The number of carbonyl (C=O) groups excluding carboxylic acids is 5. The van der Waals surface area contributed by atoms with E-state index in [9.17, 15) is 33.6 Å². The van der Waals surface area contributed by atoms with Crippen molar-refractivity contribution in [2.45, 2.75) is 176 Å². The standard InChI is InChI=1S/C31H49N5O12.C18H36O2.2C2H6/c1-23(38)27(32-2)19-24-3-5-25(6-4-24)48-14-11-35-30(41)21-47-18-16-45-13-10-34-29(40)20-46-17-15-44-12-9-33-28(39)8-7-26(31(42)43)36-22-37;1-2-3-4-5-6-7-8-9-10-11-12-13-14-15-16-17-18(19)20;2*1-2/h3-6,22,26-27,32H,7-21H2,1-2H3,(H,33,39)(H,34,40)(H,35,41)(H,36,37)(H,42,43);2-17H2,1H3,(H,19,20);2*1-2H3. The summed E-state index contributed by atoms with van der Waals surface area (Å²) in [6, 6.07) is 6.11. The maximum Gasteiger partial charge on any atom is 0.326 e. The molecule has 1 rings (SSSR count). The van der Waals surface area contributed by atoms with Gasteiger partial charge in [0, 0.05) is 25.9 Å². The van der Waals surface area contributed by atoms with Gasteiger partial charge in [-0.3, -0.25) is 28.8 Å². The molecule has 1 aromatic rings. The van der Waals surface area contributed by atoms with Crippen molar-refractivity contribution in [2.24, 2.45) is 0 Å². The Morgan fingerprint density at radius 1 is 0.556 bits per heavy atom. The van der Waals surface area contributed by atoms with Crippen LogP contribution in [0, 0.1) is 0 Å². The smallest absolute Gasteiger partial charge is 0.326 e. The minimum absolute atomic E-state index is 0.0298. The van der Waals surface area contributed by atoms with Crippen LogP contribution in [0.4, 0.5) is 0 Å². The first-order valence-electron chi connectivity index (χ1n) is 26.6. The predicted molar refractivity (Wildman–Crippen MR) is 281 cm³/mol. The molecule has 0 aromatic heterocycles. The van der Waals surface area contributed by atoms with Crippen molar-refractivity contribution in [3.05, 3.63) is 29.8 Å². The van der Waals surface area contributed by atoms with E-state index >= 15 is 0 Å². The maximum atomic E-state index is 11.9. The van der Waals surface area contributed by atoms with Gasteiger partial charge in [0.2, 0.25) is 24.1 Å². The number of nitrogens with one attached hydrogen (secondary N) is 5. The van der Waals surface area contributed by atoms with E-state index in [-0.39, 0.29) is 121 Å². The molecule has 7 N–H and O–H groups in total. The molecule has 0 spiro atoms. The number of carboxylic acid groups (broad SMARTS) is 2. The third-order valence-corrected chi connectivity index (χ3v) is 10.5. The minimum Gasteiger partial charge on any atom is -0.492 e. The van der Waals surface area contributed by atoms with Crippen LogP contribution in [0.5, 0.6) is 5.75 Å². The number of aliphatic carboxylic acids is 2. The van der Waals surface area contributed by atoms with Crippen molar-refractivity contribution in [1.29, 1.82) is 0 Å². The number of benzene rings is 1. The molecule has 1 aromatic carbocycles. The average Bonchev–Trinajstić information content (AvgIpc) is 3.37. The highest BCUT2D eigenvalue weighted by atomic mass is 16.5. The molecule has 0 bridgehead atoms. The van der Waals surface area contributed by atoms with Crippen LogP contribution >= 0.6 is 0 Å². The number of ketones is 1. The fourth-order valence-corrected chi connectivity index (χ4v) is 6.53. The lowest BCUT2D eigenvalue weighted by Gasteiger charge is -2.13. The molecule has 19 heteroatoms. The normalized spacial score (nSPS) is 11.2. The van der Waals surface area contributed by atoms with Gasteiger partial charge in [0.1, 0.15) is 37.4 Å². The summed E-state index contributed by atoms with van der Waals surface area (Å²) in [5.74, 6) is -2.10.